The van der Waals surface area contributed by atoms with Crippen LogP contribution in [0.15, 0.2) is 18.2 Å². The van der Waals surface area contributed by atoms with Crippen LogP contribution in [0.25, 0.3) is 0 Å². The Hall–Kier alpha value is -2.51. The van der Waals surface area contributed by atoms with Crippen molar-refractivity contribution in [2.75, 3.05) is 13.2 Å². The van der Waals surface area contributed by atoms with Gasteiger partial charge in [-0.2, -0.15) is 0 Å². The lowest BCUT2D eigenvalue weighted by Gasteiger charge is -2.19. The first-order valence-electron chi connectivity index (χ1n) is 8.43. The summed E-state index contributed by atoms with van der Waals surface area (Å²) in [7, 11) is 0. The second-order valence-corrected chi connectivity index (χ2v) is 6.75. The Kier molecular flexibility index (Phi) is 8.15. The molecule has 0 heterocycles. The minimum Gasteiger partial charge on any atom is -0.493 e. The standard InChI is InChI=1S/C18H27FN2O5/c1-12(25-16(20)22)14-11-13(19)7-8-15(14)24-10-6-5-9-21-17(23)26-18(2,3)4/h7-8,11-12H,5-6,9-10H2,1-4H3,(H2,20,22)(H,21,23)/t12-/m1/s1. The van der Waals surface area contributed by atoms with Crippen molar-refractivity contribution in [3.63, 3.8) is 0 Å². The predicted molar refractivity (Wildman–Crippen MR) is 94.4 cm³/mol. The summed E-state index contributed by atoms with van der Waals surface area (Å²) in [4.78, 5) is 22.4. The Morgan fingerprint density at radius 3 is 2.58 bits per heavy atom. The van der Waals surface area contributed by atoms with E-state index < -0.39 is 29.7 Å². The Morgan fingerprint density at radius 1 is 1.27 bits per heavy atom. The monoisotopic (exact) mass is 370 g/mol. The highest BCUT2D eigenvalue weighted by Crippen LogP contribution is 2.28. The quantitative estimate of drug-likeness (QED) is 0.680. The molecule has 2 amide bonds. The van der Waals surface area contributed by atoms with Crippen LogP contribution in [0, 0.1) is 5.82 Å². The summed E-state index contributed by atoms with van der Waals surface area (Å²) in [6.45, 7) is 7.78. The van der Waals surface area contributed by atoms with Crippen LogP contribution >= 0.6 is 0 Å². The van der Waals surface area contributed by atoms with Crippen molar-refractivity contribution in [2.45, 2.75) is 52.2 Å². The molecule has 1 rings (SSSR count). The van der Waals surface area contributed by atoms with Gasteiger partial charge in [0.2, 0.25) is 0 Å². The van der Waals surface area contributed by atoms with E-state index in [2.05, 4.69) is 5.32 Å². The predicted octanol–water partition coefficient (Wildman–Crippen LogP) is 3.67. The lowest BCUT2D eigenvalue weighted by molar-refractivity contribution is 0.0526. The maximum absolute atomic E-state index is 13.4. The molecule has 0 aliphatic rings. The number of amides is 2. The third kappa shape index (κ3) is 8.55. The maximum Gasteiger partial charge on any atom is 0.407 e. The molecule has 0 aliphatic heterocycles. The smallest absolute Gasteiger partial charge is 0.407 e. The van der Waals surface area contributed by atoms with Gasteiger partial charge in [-0.15, -0.1) is 0 Å². The van der Waals surface area contributed by atoms with Crippen LogP contribution < -0.4 is 15.8 Å². The summed E-state index contributed by atoms with van der Waals surface area (Å²) in [5.74, 6) is -0.0471. The van der Waals surface area contributed by atoms with Crippen molar-refractivity contribution in [3.05, 3.63) is 29.6 Å². The molecule has 0 bridgehead atoms. The van der Waals surface area contributed by atoms with E-state index in [1.807, 2.05) is 0 Å². The number of benzene rings is 1. The van der Waals surface area contributed by atoms with Crippen LogP contribution in [0.2, 0.25) is 0 Å². The molecule has 1 atom stereocenters. The number of primary amides is 1. The Balaban J connectivity index is 2.41. The Bertz CT molecular complexity index is 616. The number of ether oxygens (including phenoxy) is 3. The second kappa shape index (κ2) is 9.84. The van der Waals surface area contributed by atoms with Gasteiger partial charge in [0.05, 0.1) is 6.61 Å². The number of alkyl carbamates (subject to hydrolysis) is 1. The minimum absolute atomic E-state index is 0.359. The van der Waals surface area contributed by atoms with E-state index in [1.165, 1.54) is 18.2 Å². The normalized spacial score (nSPS) is 12.2. The van der Waals surface area contributed by atoms with Gasteiger partial charge in [0, 0.05) is 12.1 Å². The van der Waals surface area contributed by atoms with Crippen molar-refractivity contribution >= 4 is 12.2 Å². The zero-order valence-electron chi connectivity index (χ0n) is 15.6. The van der Waals surface area contributed by atoms with Gasteiger partial charge in [-0.25, -0.2) is 14.0 Å². The van der Waals surface area contributed by atoms with Gasteiger partial charge in [-0.05, 0) is 58.7 Å². The van der Waals surface area contributed by atoms with E-state index >= 15 is 0 Å². The molecule has 0 saturated carbocycles. The van der Waals surface area contributed by atoms with Crippen molar-refractivity contribution in [3.8, 4) is 5.75 Å². The summed E-state index contributed by atoms with van der Waals surface area (Å²) < 4.78 is 29.1. The lowest BCUT2D eigenvalue weighted by atomic mass is 10.1. The number of rotatable bonds is 8. The van der Waals surface area contributed by atoms with E-state index in [-0.39, 0.29) is 0 Å². The highest BCUT2D eigenvalue weighted by molar-refractivity contribution is 5.67. The largest absolute Gasteiger partial charge is 0.493 e. The van der Waals surface area contributed by atoms with Crippen LogP contribution in [-0.4, -0.2) is 30.9 Å². The molecule has 146 valence electrons. The Morgan fingerprint density at radius 2 is 1.96 bits per heavy atom. The molecule has 7 nitrogen and oxygen atoms in total. The molecule has 0 saturated heterocycles. The summed E-state index contributed by atoms with van der Waals surface area (Å²) in [5.41, 5.74) is 4.86. The first-order chi connectivity index (χ1) is 12.1. The van der Waals surface area contributed by atoms with E-state index in [9.17, 15) is 14.0 Å². The van der Waals surface area contributed by atoms with Gasteiger partial charge < -0.3 is 25.3 Å². The van der Waals surface area contributed by atoms with E-state index in [4.69, 9.17) is 19.9 Å². The lowest BCUT2D eigenvalue weighted by Crippen LogP contribution is -2.33. The van der Waals surface area contributed by atoms with Crippen LogP contribution in [0.1, 0.15) is 52.2 Å². The fourth-order valence-electron chi connectivity index (χ4n) is 2.12. The maximum atomic E-state index is 13.4. The van der Waals surface area contributed by atoms with Gasteiger partial charge in [-0.3, -0.25) is 0 Å². The minimum atomic E-state index is -0.944. The van der Waals surface area contributed by atoms with Crippen LogP contribution in [0.4, 0.5) is 14.0 Å². The van der Waals surface area contributed by atoms with Crippen molar-refractivity contribution in [1.82, 2.24) is 5.32 Å². The van der Waals surface area contributed by atoms with Gasteiger partial charge in [0.15, 0.2) is 0 Å². The molecule has 0 fully saturated rings. The highest BCUT2D eigenvalue weighted by Gasteiger charge is 2.17. The number of halogens is 1. The van der Waals surface area contributed by atoms with E-state index in [0.29, 0.717) is 37.3 Å². The molecule has 1 aromatic carbocycles. The van der Waals surface area contributed by atoms with Crippen LogP contribution in [0.3, 0.4) is 0 Å². The number of carbonyl (C=O) groups is 2. The summed E-state index contributed by atoms with van der Waals surface area (Å²) >= 11 is 0. The third-order valence-corrected chi connectivity index (χ3v) is 3.20. The molecule has 3 N–H and O–H groups in total. The molecule has 0 unspecified atom stereocenters. The average Bonchev–Trinajstić information content (AvgIpc) is 2.49. The number of nitrogens with two attached hydrogens (primary N) is 1. The fourth-order valence-corrected chi connectivity index (χ4v) is 2.12. The molecule has 0 spiro atoms. The molecule has 0 radical (unpaired) electrons. The van der Waals surface area contributed by atoms with Gasteiger partial charge in [-0.1, -0.05) is 0 Å². The fraction of sp³-hybridized carbons (Fsp3) is 0.556. The SMILES string of the molecule is C[C@@H](OC(N)=O)c1cc(F)ccc1OCCCCNC(=O)OC(C)(C)C. The second-order valence-electron chi connectivity index (χ2n) is 6.75. The number of hydrogen-bond donors (Lipinski definition) is 2. The van der Waals surface area contributed by atoms with E-state index in [0.717, 1.165) is 0 Å². The number of carbonyl (C=O) groups excluding carboxylic acids is 2. The Labute approximate surface area is 153 Å². The first-order valence-corrected chi connectivity index (χ1v) is 8.43. The number of nitrogens with one attached hydrogen (secondary N) is 1. The molecular formula is C18H27FN2O5. The summed E-state index contributed by atoms with van der Waals surface area (Å²) in [5, 5.41) is 2.66. The van der Waals surface area contributed by atoms with Crippen molar-refractivity contribution in [1.29, 1.82) is 0 Å². The van der Waals surface area contributed by atoms with Crippen molar-refractivity contribution < 1.29 is 28.2 Å². The topological polar surface area (TPSA) is 99.9 Å². The summed E-state index contributed by atoms with van der Waals surface area (Å²) in [6, 6.07) is 3.98. The summed E-state index contributed by atoms with van der Waals surface area (Å²) in [6.07, 6.45) is -0.787. The molecule has 0 aliphatic carbocycles. The number of hydrogen-bond acceptors (Lipinski definition) is 5. The average molecular weight is 370 g/mol. The molecule has 0 aromatic heterocycles. The molecule has 8 heteroatoms. The van der Waals surface area contributed by atoms with Crippen molar-refractivity contribution in [2.24, 2.45) is 5.73 Å². The number of unbranched alkanes of at least 4 members (excludes halogenated alkanes) is 1. The van der Waals surface area contributed by atoms with E-state index in [1.54, 1.807) is 27.7 Å². The molecular weight excluding hydrogens is 343 g/mol. The highest BCUT2D eigenvalue weighted by atomic mass is 19.1. The molecule has 1 aromatic rings. The van der Waals surface area contributed by atoms with Gasteiger partial charge in [0.1, 0.15) is 23.3 Å². The van der Waals surface area contributed by atoms with Gasteiger partial charge in [0.25, 0.3) is 0 Å². The zero-order valence-corrected chi connectivity index (χ0v) is 15.6. The first kappa shape index (κ1) is 21.5. The van der Waals surface area contributed by atoms with Crippen LogP contribution in [-0.2, 0) is 9.47 Å². The third-order valence-electron chi connectivity index (χ3n) is 3.20. The van der Waals surface area contributed by atoms with Crippen LogP contribution in [0.5, 0.6) is 5.75 Å². The van der Waals surface area contributed by atoms with Gasteiger partial charge >= 0.3 is 12.2 Å². The molecule has 26 heavy (non-hydrogen) atoms. The zero-order chi connectivity index (χ0) is 19.7.